The third-order valence-electron chi connectivity index (χ3n) is 4.12. The predicted octanol–water partition coefficient (Wildman–Crippen LogP) is 3.58. The maximum absolute atomic E-state index is 12.3. The molecule has 144 valence electrons. The summed E-state index contributed by atoms with van der Waals surface area (Å²) >= 11 is 0. The Morgan fingerprint density at radius 3 is 2.19 bits per heavy atom. The molecule has 0 aliphatic rings. The number of methoxy groups -OCH3 is 1. The zero-order valence-corrected chi connectivity index (χ0v) is 16.0. The smallest absolute Gasteiger partial charge is 0.253 e. The molecule has 2 aromatic rings. The molecule has 2 amide bonds. The van der Waals surface area contributed by atoms with Crippen molar-refractivity contribution in [2.45, 2.75) is 20.3 Å². The van der Waals surface area contributed by atoms with E-state index in [1.54, 1.807) is 48.4 Å². The summed E-state index contributed by atoms with van der Waals surface area (Å²) in [5, 5.41) is 2.81. The second-order valence-electron chi connectivity index (χ2n) is 5.85. The van der Waals surface area contributed by atoms with Crippen molar-refractivity contribution in [3.05, 3.63) is 54.1 Å². The lowest BCUT2D eigenvalue weighted by atomic mass is 10.1. The van der Waals surface area contributed by atoms with Crippen molar-refractivity contribution in [1.82, 2.24) is 4.90 Å². The summed E-state index contributed by atoms with van der Waals surface area (Å²) in [4.78, 5) is 26.1. The molecule has 27 heavy (non-hydrogen) atoms. The Labute approximate surface area is 160 Å². The predicted molar refractivity (Wildman–Crippen MR) is 105 cm³/mol. The van der Waals surface area contributed by atoms with Gasteiger partial charge in [0, 0.05) is 24.3 Å². The second-order valence-corrected chi connectivity index (χ2v) is 5.85. The van der Waals surface area contributed by atoms with Crippen LogP contribution in [0.3, 0.4) is 0 Å². The van der Waals surface area contributed by atoms with E-state index in [1.165, 1.54) is 0 Å². The highest BCUT2D eigenvalue weighted by atomic mass is 16.5. The van der Waals surface area contributed by atoms with E-state index in [2.05, 4.69) is 5.32 Å². The minimum atomic E-state index is -0.160. The number of hydrogen-bond donors (Lipinski definition) is 1. The van der Waals surface area contributed by atoms with Gasteiger partial charge >= 0.3 is 0 Å². The Hall–Kier alpha value is -3.02. The zero-order valence-electron chi connectivity index (χ0n) is 16.0. The molecule has 0 spiro atoms. The van der Waals surface area contributed by atoms with Gasteiger partial charge in [0.05, 0.1) is 20.1 Å². The topological polar surface area (TPSA) is 67.9 Å². The molecule has 0 aliphatic heterocycles. The van der Waals surface area contributed by atoms with Crippen molar-refractivity contribution in [2.75, 3.05) is 32.1 Å². The molecule has 0 radical (unpaired) electrons. The van der Waals surface area contributed by atoms with Crippen LogP contribution in [0.1, 0.15) is 30.6 Å². The first-order valence-electron chi connectivity index (χ1n) is 9.04. The molecule has 0 heterocycles. The van der Waals surface area contributed by atoms with Crippen LogP contribution in [0.5, 0.6) is 11.5 Å². The molecule has 0 saturated carbocycles. The monoisotopic (exact) mass is 370 g/mol. The lowest BCUT2D eigenvalue weighted by Gasteiger charge is -2.18. The summed E-state index contributed by atoms with van der Waals surface area (Å²) in [5.41, 5.74) is 1.25. The third kappa shape index (κ3) is 5.74. The van der Waals surface area contributed by atoms with Gasteiger partial charge in [0.25, 0.3) is 5.91 Å². The number of nitrogens with zero attached hydrogens (tertiary/aromatic N) is 1. The summed E-state index contributed by atoms with van der Waals surface area (Å²) in [6.45, 7) is 5.47. The van der Waals surface area contributed by atoms with Crippen molar-refractivity contribution in [2.24, 2.45) is 0 Å². The maximum Gasteiger partial charge on any atom is 0.253 e. The quantitative estimate of drug-likeness (QED) is 0.732. The summed E-state index contributed by atoms with van der Waals surface area (Å²) in [6.07, 6.45) is 0.207. The van der Waals surface area contributed by atoms with E-state index in [4.69, 9.17) is 9.47 Å². The summed E-state index contributed by atoms with van der Waals surface area (Å²) in [7, 11) is 1.57. The summed E-state index contributed by atoms with van der Waals surface area (Å²) in [5.74, 6) is 1.06. The van der Waals surface area contributed by atoms with Crippen LogP contribution in [0.2, 0.25) is 0 Å². The molecule has 6 nitrogen and oxygen atoms in total. The standard InChI is InChI=1S/C21H26N2O4/c1-4-23(5-2)21(25)16-10-12-17(13-11-16)22-20(24)14-15-27-19-9-7-6-8-18(19)26-3/h6-13H,4-5,14-15H2,1-3H3,(H,22,24). The lowest BCUT2D eigenvalue weighted by molar-refractivity contribution is -0.116. The van der Waals surface area contributed by atoms with Crippen LogP contribution in [0.25, 0.3) is 0 Å². The van der Waals surface area contributed by atoms with Gasteiger partial charge in [-0.05, 0) is 50.2 Å². The molecule has 0 atom stereocenters. The van der Waals surface area contributed by atoms with Gasteiger partial charge < -0.3 is 19.7 Å². The highest BCUT2D eigenvalue weighted by Gasteiger charge is 2.12. The number of para-hydroxylation sites is 2. The van der Waals surface area contributed by atoms with Crippen molar-refractivity contribution in [3.63, 3.8) is 0 Å². The molecule has 0 bridgehead atoms. The average Bonchev–Trinajstić information content (AvgIpc) is 2.69. The minimum Gasteiger partial charge on any atom is -0.493 e. The van der Waals surface area contributed by atoms with Crippen molar-refractivity contribution >= 4 is 17.5 Å². The zero-order chi connectivity index (χ0) is 19.6. The van der Waals surface area contributed by atoms with Crippen LogP contribution in [-0.4, -0.2) is 43.5 Å². The largest absolute Gasteiger partial charge is 0.493 e. The molecule has 0 aliphatic carbocycles. The first kappa shape index (κ1) is 20.3. The lowest BCUT2D eigenvalue weighted by Crippen LogP contribution is -2.30. The Morgan fingerprint density at radius 1 is 0.963 bits per heavy atom. The van der Waals surface area contributed by atoms with Crippen molar-refractivity contribution < 1.29 is 19.1 Å². The number of amides is 2. The van der Waals surface area contributed by atoms with E-state index in [0.717, 1.165) is 0 Å². The van der Waals surface area contributed by atoms with Crippen LogP contribution < -0.4 is 14.8 Å². The third-order valence-corrected chi connectivity index (χ3v) is 4.12. The molecule has 0 saturated heterocycles. The van der Waals surface area contributed by atoms with Gasteiger partial charge in [-0.2, -0.15) is 0 Å². The molecule has 0 unspecified atom stereocenters. The van der Waals surface area contributed by atoms with Crippen LogP contribution in [0, 0.1) is 0 Å². The second kappa shape index (κ2) is 10.2. The van der Waals surface area contributed by atoms with Crippen molar-refractivity contribution in [3.8, 4) is 11.5 Å². The number of anilines is 1. The van der Waals surface area contributed by atoms with E-state index in [1.807, 2.05) is 26.0 Å². The Bertz CT molecular complexity index is 755. The van der Waals surface area contributed by atoms with E-state index in [0.29, 0.717) is 35.8 Å². The van der Waals surface area contributed by atoms with Gasteiger partial charge in [-0.3, -0.25) is 9.59 Å². The first-order chi connectivity index (χ1) is 13.1. The number of carbonyl (C=O) groups is 2. The molecule has 2 aromatic carbocycles. The number of carbonyl (C=O) groups excluding carboxylic acids is 2. The number of rotatable bonds is 9. The molecule has 1 N–H and O–H groups in total. The minimum absolute atomic E-state index is 0.0110. The van der Waals surface area contributed by atoms with Gasteiger partial charge in [-0.15, -0.1) is 0 Å². The highest BCUT2D eigenvalue weighted by Crippen LogP contribution is 2.25. The van der Waals surface area contributed by atoms with Crippen LogP contribution in [0.4, 0.5) is 5.69 Å². The number of benzene rings is 2. The van der Waals surface area contributed by atoms with E-state index in [9.17, 15) is 9.59 Å². The van der Waals surface area contributed by atoms with Crippen LogP contribution in [0.15, 0.2) is 48.5 Å². The average molecular weight is 370 g/mol. The Kier molecular flexibility index (Phi) is 7.67. The molecule has 2 rings (SSSR count). The van der Waals surface area contributed by atoms with Crippen LogP contribution >= 0.6 is 0 Å². The maximum atomic E-state index is 12.3. The molecule has 0 fully saturated rings. The molecular weight excluding hydrogens is 344 g/mol. The van der Waals surface area contributed by atoms with E-state index < -0.39 is 0 Å². The molecular formula is C21H26N2O4. The molecule has 6 heteroatoms. The fraction of sp³-hybridized carbons (Fsp3) is 0.333. The normalized spacial score (nSPS) is 10.2. The fourth-order valence-corrected chi connectivity index (χ4v) is 2.60. The van der Waals surface area contributed by atoms with Gasteiger partial charge in [0.15, 0.2) is 11.5 Å². The van der Waals surface area contributed by atoms with Crippen molar-refractivity contribution in [1.29, 1.82) is 0 Å². The van der Waals surface area contributed by atoms with Gasteiger partial charge in [-0.1, -0.05) is 12.1 Å². The van der Waals surface area contributed by atoms with Gasteiger partial charge in [0.1, 0.15) is 0 Å². The van der Waals surface area contributed by atoms with Crippen LogP contribution in [-0.2, 0) is 4.79 Å². The van der Waals surface area contributed by atoms with Gasteiger partial charge in [0.2, 0.25) is 5.91 Å². The number of hydrogen-bond acceptors (Lipinski definition) is 4. The number of nitrogens with one attached hydrogen (secondary N) is 1. The Morgan fingerprint density at radius 2 is 1.59 bits per heavy atom. The SMILES string of the molecule is CCN(CC)C(=O)c1ccc(NC(=O)CCOc2ccccc2OC)cc1. The fourth-order valence-electron chi connectivity index (χ4n) is 2.60. The van der Waals surface area contributed by atoms with E-state index in [-0.39, 0.29) is 24.8 Å². The number of ether oxygens (including phenoxy) is 2. The summed E-state index contributed by atoms with van der Waals surface area (Å²) in [6, 6.07) is 14.2. The highest BCUT2D eigenvalue weighted by molar-refractivity contribution is 5.95. The van der Waals surface area contributed by atoms with Gasteiger partial charge in [-0.25, -0.2) is 0 Å². The van der Waals surface area contributed by atoms with E-state index >= 15 is 0 Å². The molecule has 0 aromatic heterocycles. The summed E-state index contributed by atoms with van der Waals surface area (Å²) < 4.78 is 10.8. The first-order valence-corrected chi connectivity index (χ1v) is 9.04. The Balaban J connectivity index is 1.84.